The lowest BCUT2D eigenvalue weighted by Gasteiger charge is -2.12. The van der Waals surface area contributed by atoms with E-state index in [4.69, 9.17) is 5.26 Å². The molecular weight excluding hydrogens is 177 g/mol. The van der Waals surface area contributed by atoms with Crippen molar-refractivity contribution in [2.45, 2.75) is 32.6 Å². The van der Waals surface area contributed by atoms with Gasteiger partial charge in [0, 0.05) is 6.42 Å². The maximum Gasteiger partial charge on any atom is 0.126 e. The van der Waals surface area contributed by atoms with E-state index < -0.39 is 0 Å². The Labute approximate surface area is 84.2 Å². The molecule has 74 valence electrons. The van der Waals surface area contributed by atoms with E-state index in [1.807, 2.05) is 19.9 Å². The predicted octanol–water partition coefficient (Wildman–Crippen LogP) is 3.41. The van der Waals surface area contributed by atoms with Crippen LogP contribution in [0.25, 0.3) is 0 Å². The number of halogens is 1. The van der Waals surface area contributed by atoms with Crippen molar-refractivity contribution < 1.29 is 4.39 Å². The van der Waals surface area contributed by atoms with Crippen molar-refractivity contribution in [2.24, 2.45) is 0 Å². The number of hydrogen-bond donors (Lipinski definition) is 0. The summed E-state index contributed by atoms with van der Waals surface area (Å²) in [5.74, 6) is 0.0142. The quantitative estimate of drug-likeness (QED) is 0.718. The Bertz CT molecular complexity index is 350. The van der Waals surface area contributed by atoms with Crippen LogP contribution in [0.1, 0.15) is 37.3 Å². The highest BCUT2D eigenvalue weighted by Crippen LogP contribution is 2.23. The molecule has 0 aliphatic heterocycles. The fraction of sp³-hybridized carbons (Fsp3) is 0.417. The van der Waals surface area contributed by atoms with Gasteiger partial charge in [0.1, 0.15) is 5.82 Å². The number of hydrogen-bond acceptors (Lipinski definition) is 1. The first-order valence-electron chi connectivity index (χ1n) is 4.81. The van der Waals surface area contributed by atoms with Gasteiger partial charge in [0.05, 0.1) is 6.07 Å². The zero-order valence-corrected chi connectivity index (χ0v) is 8.55. The highest BCUT2D eigenvalue weighted by atomic mass is 19.1. The third-order valence-electron chi connectivity index (χ3n) is 2.23. The molecule has 0 spiro atoms. The van der Waals surface area contributed by atoms with E-state index in [1.165, 1.54) is 6.07 Å². The molecule has 1 aromatic rings. The maximum atomic E-state index is 13.4. The third-order valence-corrected chi connectivity index (χ3v) is 2.23. The van der Waals surface area contributed by atoms with E-state index >= 15 is 0 Å². The zero-order valence-electron chi connectivity index (χ0n) is 8.55. The molecule has 0 bridgehead atoms. The van der Waals surface area contributed by atoms with E-state index in [2.05, 4.69) is 6.07 Å². The van der Waals surface area contributed by atoms with Crippen molar-refractivity contribution in [3.05, 3.63) is 35.1 Å². The Morgan fingerprint density at radius 1 is 1.43 bits per heavy atom. The molecule has 1 aromatic carbocycles. The van der Waals surface area contributed by atoms with Crippen LogP contribution in [0.4, 0.5) is 4.39 Å². The first kappa shape index (κ1) is 10.7. The maximum absolute atomic E-state index is 13.4. The smallest absolute Gasteiger partial charge is 0.126 e. The Morgan fingerprint density at radius 2 is 2.14 bits per heavy atom. The molecule has 0 heterocycles. The Morgan fingerprint density at radius 3 is 2.71 bits per heavy atom. The monoisotopic (exact) mass is 191 g/mol. The average molecular weight is 191 g/mol. The lowest BCUT2D eigenvalue weighted by Crippen LogP contribution is -2.00. The van der Waals surface area contributed by atoms with E-state index in [0.29, 0.717) is 12.8 Å². The topological polar surface area (TPSA) is 23.8 Å². The summed E-state index contributed by atoms with van der Waals surface area (Å²) in [6, 6.07) is 7.16. The molecule has 0 aliphatic carbocycles. The van der Waals surface area contributed by atoms with Gasteiger partial charge in [0.25, 0.3) is 0 Å². The molecule has 14 heavy (non-hydrogen) atoms. The highest BCUT2D eigenvalue weighted by Gasteiger charge is 2.11. The second kappa shape index (κ2) is 4.76. The van der Waals surface area contributed by atoms with E-state index in [1.54, 1.807) is 6.07 Å². The van der Waals surface area contributed by atoms with Crippen LogP contribution in [0.3, 0.4) is 0 Å². The summed E-state index contributed by atoms with van der Waals surface area (Å²) in [6.45, 7) is 3.93. The van der Waals surface area contributed by atoms with Crippen LogP contribution in [-0.4, -0.2) is 0 Å². The van der Waals surface area contributed by atoms with Crippen LogP contribution in [0, 0.1) is 17.1 Å². The van der Waals surface area contributed by atoms with Gasteiger partial charge in [0.15, 0.2) is 0 Å². The van der Waals surface area contributed by atoms with Gasteiger partial charge in [-0.05, 0) is 29.5 Å². The molecule has 0 atom stereocenters. The van der Waals surface area contributed by atoms with Gasteiger partial charge in [-0.15, -0.1) is 0 Å². The Hall–Kier alpha value is -1.36. The molecule has 2 heteroatoms. The summed E-state index contributed by atoms with van der Waals surface area (Å²) in [5.41, 5.74) is 1.71. The minimum Gasteiger partial charge on any atom is -0.207 e. The largest absolute Gasteiger partial charge is 0.207 e. The van der Waals surface area contributed by atoms with E-state index in [9.17, 15) is 4.39 Å². The Balaban J connectivity index is 3.03. The predicted molar refractivity (Wildman–Crippen MR) is 54.4 cm³/mol. The number of aryl methyl sites for hydroxylation is 1. The molecule has 0 unspecified atom stereocenters. The van der Waals surface area contributed by atoms with Gasteiger partial charge in [-0.1, -0.05) is 26.0 Å². The average Bonchev–Trinajstić information content (AvgIpc) is 2.14. The first-order chi connectivity index (χ1) is 6.66. The summed E-state index contributed by atoms with van der Waals surface area (Å²) < 4.78 is 13.4. The minimum absolute atomic E-state index is 0.157. The molecule has 0 N–H and O–H groups in total. The molecule has 1 nitrogen and oxygen atoms in total. The van der Waals surface area contributed by atoms with Crippen molar-refractivity contribution in [2.75, 3.05) is 0 Å². The van der Waals surface area contributed by atoms with Crippen LogP contribution < -0.4 is 0 Å². The van der Waals surface area contributed by atoms with Crippen molar-refractivity contribution in [3.63, 3.8) is 0 Å². The first-order valence-corrected chi connectivity index (χ1v) is 4.81. The van der Waals surface area contributed by atoms with Crippen LogP contribution in [-0.2, 0) is 6.42 Å². The van der Waals surface area contributed by atoms with Gasteiger partial charge in [0.2, 0.25) is 0 Å². The third kappa shape index (κ3) is 2.32. The highest BCUT2D eigenvalue weighted by molar-refractivity contribution is 5.31. The van der Waals surface area contributed by atoms with Gasteiger partial charge < -0.3 is 0 Å². The summed E-state index contributed by atoms with van der Waals surface area (Å²) in [6.07, 6.45) is 1.09. The number of benzene rings is 1. The van der Waals surface area contributed by atoms with Crippen LogP contribution in [0.2, 0.25) is 0 Å². The second-order valence-electron chi connectivity index (χ2n) is 3.63. The molecule has 0 amide bonds. The van der Waals surface area contributed by atoms with Gasteiger partial charge >= 0.3 is 0 Å². The van der Waals surface area contributed by atoms with Gasteiger partial charge in [-0.2, -0.15) is 5.26 Å². The fourth-order valence-corrected chi connectivity index (χ4v) is 1.64. The van der Waals surface area contributed by atoms with E-state index in [0.717, 1.165) is 11.1 Å². The summed E-state index contributed by atoms with van der Waals surface area (Å²) in [7, 11) is 0. The molecular formula is C12H14FN. The lowest BCUT2D eigenvalue weighted by atomic mass is 9.94. The SMILES string of the molecule is CC(C)c1c(F)cccc1CCC#N. The summed E-state index contributed by atoms with van der Waals surface area (Å²) in [4.78, 5) is 0. The number of rotatable bonds is 3. The molecule has 0 fully saturated rings. The lowest BCUT2D eigenvalue weighted by molar-refractivity contribution is 0.593. The van der Waals surface area contributed by atoms with Crippen molar-refractivity contribution in [1.82, 2.24) is 0 Å². The summed E-state index contributed by atoms with van der Waals surface area (Å²) >= 11 is 0. The molecule has 0 saturated heterocycles. The minimum atomic E-state index is -0.157. The normalized spacial score (nSPS) is 10.2. The molecule has 0 radical (unpaired) electrons. The molecule has 0 aromatic heterocycles. The standard InChI is InChI=1S/C12H14FN/c1-9(2)12-10(6-4-8-14)5-3-7-11(12)13/h3,5,7,9H,4,6H2,1-2H3. The number of nitrogens with zero attached hydrogens (tertiary/aromatic N) is 1. The van der Waals surface area contributed by atoms with Gasteiger partial charge in [-0.25, -0.2) is 4.39 Å². The molecule has 1 rings (SSSR count). The zero-order chi connectivity index (χ0) is 10.6. The Kier molecular flexibility index (Phi) is 3.64. The van der Waals surface area contributed by atoms with Crippen LogP contribution >= 0.6 is 0 Å². The second-order valence-corrected chi connectivity index (χ2v) is 3.63. The van der Waals surface area contributed by atoms with Crippen molar-refractivity contribution in [3.8, 4) is 6.07 Å². The van der Waals surface area contributed by atoms with Crippen LogP contribution in [0.5, 0.6) is 0 Å². The van der Waals surface area contributed by atoms with Gasteiger partial charge in [-0.3, -0.25) is 0 Å². The summed E-state index contributed by atoms with van der Waals surface area (Å²) in [5, 5.41) is 8.48. The fourth-order valence-electron chi connectivity index (χ4n) is 1.64. The van der Waals surface area contributed by atoms with Crippen LogP contribution in [0.15, 0.2) is 18.2 Å². The molecule has 0 saturated carbocycles. The van der Waals surface area contributed by atoms with Crippen molar-refractivity contribution in [1.29, 1.82) is 5.26 Å². The number of nitriles is 1. The van der Waals surface area contributed by atoms with E-state index in [-0.39, 0.29) is 11.7 Å². The van der Waals surface area contributed by atoms with Crippen molar-refractivity contribution >= 4 is 0 Å². The molecule has 0 aliphatic rings.